The molecule has 0 saturated heterocycles. The number of amides is 1. The number of halogens is 1. The first-order valence-electron chi connectivity index (χ1n) is 7.05. The van der Waals surface area contributed by atoms with Crippen molar-refractivity contribution in [2.24, 2.45) is 0 Å². The third-order valence-electron chi connectivity index (χ3n) is 3.39. The second-order valence-corrected chi connectivity index (χ2v) is 5.58. The zero-order valence-electron chi connectivity index (χ0n) is 11.8. The first-order chi connectivity index (χ1) is 10.2. The summed E-state index contributed by atoms with van der Waals surface area (Å²) in [4.78, 5) is 12.3. The van der Waals surface area contributed by atoms with E-state index in [4.69, 9.17) is 11.6 Å². The lowest BCUT2D eigenvalue weighted by atomic mass is 10.2. The lowest BCUT2D eigenvalue weighted by Gasteiger charge is -2.12. The Bertz CT molecular complexity index is 663. The van der Waals surface area contributed by atoms with Crippen LogP contribution in [0.4, 0.5) is 11.4 Å². The topological polar surface area (TPSA) is 59.0 Å². The minimum Gasteiger partial charge on any atom is -0.381 e. The molecule has 2 aromatic rings. The van der Waals surface area contributed by atoms with Gasteiger partial charge in [0.05, 0.1) is 23.1 Å². The van der Waals surface area contributed by atoms with E-state index in [2.05, 4.69) is 15.7 Å². The molecule has 5 nitrogen and oxygen atoms in total. The highest BCUT2D eigenvalue weighted by Gasteiger charge is 2.22. The molecule has 1 aliphatic carbocycles. The van der Waals surface area contributed by atoms with Crippen LogP contribution in [0.1, 0.15) is 30.1 Å². The summed E-state index contributed by atoms with van der Waals surface area (Å²) < 4.78 is 1.72. The van der Waals surface area contributed by atoms with E-state index in [0.29, 0.717) is 22.3 Å². The molecular formula is C15H17ClN4O. The zero-order valence-corrected chi connectivity index (χ0v) is 12.5. The monoisotopic (exact) mass is 304 g/mol. The van der Waals surface area contributed by atoms with E-state index in [9.17, 15) is 4.79 Å². The average Bonchev–Trinajstić information content (AvgIpc) is 3.15. The van der Waals surface area contributed by atoms with Crippen LogP contribution >= 0.6 is 11.6 Å². The van der Waals surface area contributed by atoms with E-state index in [1.54, 1.807) is 23.1 Å². The van der Waals surface area contributed by atoms with Crippen LogP contribution < -0.4 is 10.6 Å². The van der Waals surface area contributed by atoms with Crippen LogP contribution in [0, 0.1) is 0 Å². The quantitative estimate of drug-likeness (QED) is 0.890. The van der Waals surface area contributed by atoms with Crippen molar-refractivity contribution in [2.75, 3.05) is 10.6 Å². The van der Waals surface area contributed by atoms with Gasteiger partial charge in [-0.1, -0.05) is 11.6 Å². The zero-order chi connectivity index (χ0) is 14.8. The Labute approximate surface area is 128 Å². The van der Waals surface area contributed by atoms with Gasteiger partial charge in [-0.3, -0.25) is 9.48 Å². The number of nitrogens with zero attached hydrogens (tertiary/aromatic N) is 2. The first-order valence-corrected chi connectivity index (χ1v) is 7.43. The van der Waals surface area contributed by atoms with Gasteiger partial charge in [-0.2, -0.15) is 5.10 Å². The van der Waals surface area contributed by atoms with Crippen LogP contribution in [0.2, 0.25) is 5.02 Å². The van der Waals surface area contributed by atoms with Crippen LogP contribution in [-0.4, -0.2) is 21.7 Å². The Morgan fingerprint density at radius 2 is 2.24 bits per heavy atom. The standard InChI is InChI=1S/C15H17ClN4O/c1-2-20-9-10(8-17-20)15(21)19-14-7-11(16)3-6-13(14)18-12-4-5-12/h3,6-9,12,18H,2,4-5H2,1H3,(H,19,21). The molecule has 0 bridgehead atoms. The molecule has 1 heterocycles. The van der Waals surface area contributed by atoms with Crippen molar-refractivity contribution >= 4 is 28.9 Å². The molecule has 1 aromatic heterocycles. The number of hydrogen-bond donors (Lipinski definition) is 2. The van der Waals surface area contributed by atoms with Crippen LogP contribution in [-0.2, 0) is 6.54 Å². The average molecular weight is 305 g/mol. The molecule has 6 heteroatoms. The van der Waals surface area contributed by atoms with Crippen LogP contribution in [0.25, 0.3) is 0 Å². The maximum atomic E-state index is 12.3. The molecule has 0 radical (unpaired) electrons. The number of carbonyl (C=O) groups is 1. The molecule has 0 unspecified atom stereocenters. The van der Waals surface area contributed by atoms with E-state index in [-0.39, 0.29) is 5.91 Å². The lowest BCUT2D eigenvalue weighted by molar-refractivity contribution is 0.102. The summed E-state index contributed by atoms with van der Waals surface area (Å²) in [7, 11) is 0. The Morgan fingerprint density at radius 3 is 2.90 bits per heavy atom. The van der Waals surface area contributed by atoms with Crippen molar-refractivity contribution < 1.29 is 4.79 Å². The third kappa shape index (κ3) is 3.36. The summed E-state index contributed by atoms with van der Waals surface area (Å²) in [5.41, 5.74) is 2.14. The fourth-order valence-corrected chi connectivity index (χ4v) is 2.21. The molecule has 0 spiro atoms. The summed E-state index contributed by atoms with van der Waals surface area (Å²) in [6.07, 6.45) is 5.63. The van der Waals surface area contributed by atoms with Gasteiger partial charge < -0.3 is 10.6 Å². The van der Waals surface area contributed by atoms with Crippen LogP contribution in [0.3, 0.4) is 0 Å². The number of rotatable bonds is 5. The van der Waals surface area contributed by atoms with Crippen molar-refractivity contribution in [3.8, 4) is 0 Å². The fraction of sp³-hybridized carbons (Fsp3) is 0.333. The van der Waals surface area contributed by atoms with Gasteiger partial charge in [0.1, 0.15) is 0 Å². The fourth-order valence-electron chi connectivity index (χ4n) is 2.04. The molecule has 1 aliphatic rings. The van der Waals surface area contributed by atoms with Crippen molar-refractivity contribution in [2.45, 2.75) is 32.4 Å². The van der Waals surface area contributed by atoms with Gasteiger partial charge in [-0.25, -0.2) is 0 Å². The number of aromatic nitrogens is 2. The van der Waals surface area contributed by atoms with E-state index in [1.165, 1.54) is 12.8 Å². The van der Waals surface area contributed by atoms with E-state index in [0.717, 1.165) is 12.2 Å². The van der Waals surface area contributed by atoms with Gasteiger partial charge in [-0.15, -0.1) is 0 Å². The number of anilines is 2. The van der Waals surface area contributed by atoms with E-state index >= 15 is 0 Å². The molecule has 110 valence electrons. The van der Waals surface area contributed by atoms with Gasteiger partial charge in [0.15, 0.2) is 0 Å². The predicted molar refractivity (Wildman–Crippen MR) is 84.0 cm³/mol. The summed E-state index contributed by atoms with van der Waals surface area (Å²) in [5, 5.41) is 11.0. The Morgan fingerprint density at radius 1 is 1.43 bits per heavy atom. The molecule has 1 amide bonds. The maximum absolute atomic E-state index is 12.3. The van der Waals surface area contributed by atoms with Crippen molar-refractivity contribution in [1.29, 1.82) is 0 Å². The molecular weight excluding hydrogens is 288 g/mol. The number of aryl methyl sites for hydroxylation is 1. The molecule has 3 rings (SSSR count). The van der Waals surface area contributed by atoms with Crippen molar-refractivity contribution in [3.05, 3.63) is 41.2 Å². The molecule has 0 aliphatic heterocycles. The van der Waals surface area contributed by atoms with Crippen LogP contribution in [0.5, 0.6) is 0 Å². The summed E-state index contributed by atoms with van der Waals surface area (Å²) in [6, 6.07) is 5.97. The van der Waals surface area contributed by atoms with Crippen LogP contribution in [0.15, 0.2) is 30.6 Å². The van der Waals surface area contributed by atoms with Crippen molar-refractivity contribution in [1.82, 2.24) is 9.78 Å². The second kappa shape index (κ2) is 5.77. The minimum atomic E-state index is -0.184. The number of benzene rings is 1. The molecule has 1 saturated carbocycles. The highest BCUT2D eigenvalue weighted by molar-refractivity contribution is 6.31. The molecule has 2 N–H and O–H groups in total. The number of nitrogens with one attached hydrogen (secondary N) is 2. The summed E-state index contributed by atoms with van der Waals surface area (Å²) in [6.45, 7) is 2.71. The molecule has 21 heavy (non-hydrogen) atoms. The van der Waals surface area contributed by atoms with Gasteiger partial charge >= 0.3 is 0 Å². The maximum Gasteiger partial charge on any atom is 0.258 e. The lowest BCUT2D eigenvalue weighted by Crippen LogP contribution is -2.13. The highest BCUT2D eigenvalue weighted by atomic mass is 35.5. The predicted octanol–water partition coefficient (Wildman–Crippen LogP) is 3.38. The van der Waals surface area contributed by atoms with Gasteiger partial charge in [0, 0.05) is 23.8 Å². The van der Waals surface area contributed by atoms with Gasteiger partial charge in [0.25, 0.3) is 5.91 Å². The molecule has 0 atom stereocenters. The largest absolute Gasteiger partial charge is 0.381 e. The van der Waals surface area contributed by atoms with E-state index < -0.39 is 0 Å². The van der Waals surface area contributed by atoms with Gasteiger partial charge in [0.2, 0.25) is 0 Å². The minimum absolute atomic E-state index is 0.184. The number of hydrogen-bond acceptors (Lipinski definition) is 3. The van der Waals surface area contributed by atoms with Crippen molar-refractivity contribution in [3.63, 3.8) is 0 Å². The van der Waals surface area contributed by atoms with E-state index in [1.807, 2.05) is 19.1 Å². The number of carbonyl (C=O) groups excluding carboxylic acids is 1. The smallest absolute Gasteiger partial charge is 0.258 e. The second-order valence-electron chi connectivity index (χ2n) is 5.15. The first kappa shape index (κ1) is 13.9. The normalized spacial score (nSPS) is 14.0. The SMILES string of the molecule is CCn1cc(C(=O)Nc2cc(Cl)ccc2NC2CC2)cn1. The molecule has 1 aromatic carbocycles. The Kier molecular flexibility index (Phi) is 3.84. The summed E-state index contributed by atoms with van der Waals surface area (Å²) in [5.74, 6) is -0.184. The highest BCUT2D eigenvalue weighted by Crippen LogP contribution is 2.31. The van der Waals surface area contributed by atoms with Gasteiger partial charge in [-0.05, 0) is 38.0 Å². The Hall–Kier alpha value is -2.01. The third-order valence-corrected chi connectivity index (χ3v) is 3.62. The Balaban J connectivity index is 1.79. The summed E-state index contributed by atoms with van der Waals surface area (Å²) >= 11 is 6.03. The molecule has 1 fully saturated rings.